The molecule has 0 radical (unpaired) electrons. The van der Waals surface area contributed by atoms with Gasteiger partial charge in [0.2, 0.25) is 5.89 Å². The summed E-state index contributed by atoms with van der Waals surface area (Å²) in [6, 6.07) is 12.8. The standard InChI is InChI=1S/C23H18BrCl3N4O/c24-19-20(23-29-28-22(32-23)14-4-2-1-3-5-14)30-31(18-11-10-16(26)12-17(18)27)21(19)13-6-8-15(25)9-7-13/h6-12,14H,1-5H2. The van der Waals surface area contributed by atoms with Crippen LogP contribution in [-0.4, -0.2) is 20.0 Å². The summed E-state index contributed by atoms with van der Waals surface area (Å²) >= 11 is 22.5. The van der Waals surface area contributed by atoms with Gasteiger partial charge in [-0.3, -0.25) is 0 Å². The second kappa shape index (κ2) is 9.18. The van der Waals surface area contributed by atoms with Crippen LogP contribution in [0.3, 0.4) is 0 Å². The third kappa shape index (κ3) is 4.21. The van der Waals surface area contributed by atoms with Gasteiger partial charge in [-0.25, -0.2) is 4.68 Å². The van der Waals surface area contributed by atoms with Gasteiger partial charge in [0, 0.05) is 21.5 Å². The third-order valence-corrected chi connectivity index (χ3v) is 7.22. The highest BCUT2D eigenvalue weighted by molar-refractivity contribution is 9.10. The first kappa shape index (κ1) is 22.0. The van der Waals surface area contributed by atoms with Crippen molar-refractivity contribution < 1.29 is 4.42 Å². The van der Waals surface area contributed by atoms with E-state index in [1.165, 1.54) is 19.3 Å². The van der Waals surface area contributed by atoms with E-state index in [1.54, 1.807) is 16.8 Å². The molecule has 164 valence electrons. The van der Waals surface area contributed by atoms with Crippen LogP contribution in [0.2, 0.25) is 15.1 Å². The van der Waals surface area contributed by atoms with Gasteiger partial charge in [-0.15, -0.1) is 10.2 Å². The van der Waals surface area contributed by atoms with Gasteiger partial charge in [-0.1, -0.05) is 66.2 Å². The first-order chi connectivity index (χ1) is 15.5. The van der Waals surface area contributed by atoms with Crippen molar-refractivity contribution in [3.8, 4) is 28.5 Å². The number of halogens is 4. The van der Waals surface area contributed by atoms with Crippen molar-refractivity contribution in [3.05, 3.63) is 67.9 Å². The first-order valence-corrected chi connectivity index (χ1v) is 12.3. The molecular weight excluding hydrogens is 535 g/mol. The van der Waals surface area contributed by atoms with Crippen LogP contribution < -0.4 is 0 Å². The van der Waals surface area contributed by atoms with Gasteiger partial charge in [0.25, 0.3) is 5.89 Å². The predicted octanol–water partition coefficient (Wildman–Crippen LogP) is 8.36. The summed E-state index contributed by atoms with van der Waals surface area (Å²) < 4.78 is 8.58. The molecule has 5 nitrogen and oxygen atoms in total. The summed E-state index contributed by atoms with van der Waals surface area (Å²) in [5.74, 6) is 1.36. The zero-order valence-corrected chi connectivity index (χ0v) is 20.7. The fourth-order valence-electron chi connectivity index (χ4n) is 4.06. The summed E-state index contributed by atoms with van der Waals surface area (Å²) in [6.07, 6.45) is 5.80. The smallest absolute Gasteiger partial charge is 0.269 e. The van der Waals surface area contributed by atoms with Crippen molar-refractivity contribution in [1.82, 2.24) is 20.0 Å². The summed E-state index contributed by atoms with van der Waals surface area (Å²) in [5.41, 5.74) is 2.92. The molecule has 1 aliphatic carbocycles. The maximum atomic E-state index is 6.53. The van der Waals surface area contributed by atoms with Gasteiger partial charge < -0.3 is 4.42 Å². The van der Waals surface area contributed by atoms with E-state index in [0.29, 0.717) is 44.1 Å². The van der Waals surface area contributed by atoms with Crippen molar-refractivity contribution in [3.63, 3.8) is 0 Å². The Morgan fingerprint density at radius 1 is 0.906 bits per heavy atom. The van der Waals surface area contributed by atoms with Crippen molar-refractivity contribution in [2.24, 2.45) is 0 Å². The topological polar surface area (TPSA) is 56.7 Å². The van der Waals surface area contributed by atoms with Gasteiger partial charge in [-0.05, 0) is 59.1 Å². The zero-order valence-electron chi connectivity index (χ0n) is 16.9. The average Bonchev–Trinajstić information content (AvgIpc) is 3.40. The molecule has 0 unspecified atom stereocenters. The molecule has 0 aliphatic heterocycles. The molecule has 1 saturated carbocycles. The Morgan fingerprint density at radius 2 is 1.62 bits per heavy atom. The summed E-state index contributed by atoms with van der Waals surface area (Å²) in [7, 11) is 0. The number of rotatable bonds is 4. The Hall–Kier alpha value is -1.86. The van der Waals surface area contributed by atoms with E-state index in [1.807, 2.05) is 30.3 Å². The van der Waals surface area contributed by atoms with Crippen molar-refractivity contribution >= 4 is 50.7 Å². The number of nitrogens with zero attached hydrogens (tertiary/aromatic N) is 4. The summed E-state index contributed by atoms with van der Waals surface area (Å²) in [6.45, 7) is 0. The molecule has 0 spiro atoms. The molecule has 0 bridgehead atoms. The van der Waals surface area contributed by atoms with Crippen LogP contribution in [0.25, 0.3) is 28.5 Å². The Balaban J connectivity index is 1.64. The van der Waals surface area contributed by atoms with E-state index in [4.69, 9.17) is 44.3 Å². The molecule has 2 heterocycles. The normalized spacial score (nSPS) is 14.8. The molecular formula is C23H18BrCl3N4O. The third-order valence-electron chi connectivity index (χ3n) is 5.68. The molecule has 5 rings (SSSR count). The molecule has 9 heteroatoms. The minimum absolute atomic E-state index is 0.312. The Kier molecular flexibility index (Phi) is 6.30. The molecule has 2 aromatic heterocycles. The van der Waals surface area contributed by atoms with Gasteiger partial charge in [0.15, 0.2) is 5.69 Å². The zero-order chi connectivity index (χ0) is 22.2. The van der Waals surface area contributed by atoms with E-state index in [2.05, 4.69) is 26.1 Å². The van der Waals surface area contributed by atoms with Crippen LogP contribution in [0.5, 0.6) is 0 Å². The Bertz CT molecular complexity index is 1260. The number of hydrogen-bond donors (Lipinski definition) is 0. The van der Waals surface area contributed by atoms with Crippen LogP contribution in [0.4, 0.5) is 0 Å². The van der Waals surface area contributed by atoms with Crippen LogP contribution in [-0.2, 0) is 0 Å². The lowest BCUT2D eigenvalue weighted by Gasteiger charge is -2.17. The second-order valence-electron chi connectivity index (χ2n) is 7.81. The minimum atomic E-state index is 0.312. The van der Waals surface area contributed by atoms with E-state index >= 15 is 0 Å². The second-order valence-corrected chi connectivity index (χ2v) is 9.88. The van der Waals surface area contributed by atoms with Gasteiger partial charge >= 0.3 is 0 Å². The molecule has 0 amide bonds. The van der Waals surface area contributed by atoms with Crippen molar-refractivity contribution in [2.45, 2.75) is 38.0 Å². The van der Waals surface area contributed by atoms with Gasteiger partial charge in [0.05, 0.1) is 20.9 Å². The fourth-order valence-corrected chi connectivity index (χ4v) is 5.32. The lowest BCUT2D eigenvalue weighted by atomic mass is 9.89. The van der Waals surface area contributed by atoms with Crippen LogP contribution >= 0.6 is 50.7 Å². The summed E-state index contributed by atoms with van der Waals surface area (Å²) in [5, 5.41) is 15.1. The van der Waals surface area contributed by atoms with Crippen LogP contribution in [0, 0.1) is 0 Å². The summed E-state index contributed by atoms with van der Waals surface area (Å²) in [4.78, 5) is 0. The maximum Gasteiger partial charge on any atom is 0.269 e. The van der Waals surface area contributed by atoms with Gasteiger partial charge in [0.1, 0.15) is 0 Å². The monoisotopic (exact) mass is 550 g/mol. The first-order valence-electron chi connectivity index (χ1n) is 10.3. The minimum Gasteiger partial charge on any atom is -0.419 e. The lowest BCUT2D eigenvalue weighted by Crippen LogP contribution is -2.04. The molecule has 2 aromatic carbocycles. The molecule has 32 heavy (non-hydrogen) atoms. The molecule has 0 N–H and O–H groups in total. The highest BCUT2D eigenvalue weighted by atomic mass is 79.9. The highest BCUT2D eigenvalue weighted by Crippen LogP contribution is 2.40. The maximum absolute atomic E-state index is 6.53. The van der Waals surface area contributed by atoms with Crippen molar-refractivity contribution in [1.29, 1.82) is 0 Å². The predicted molar refractivity (Wildman–Crippen MR) is 131 cm³/mol. The van der Waals surface area contributed by atoms with Gasteiger partial charge in [-0.2, -0.15) is 5.10 Å². The van der Waals surface area contributed by atoms with E-state index in [9.17, 15) is 0 Å². The largest absolute Gasteiger partial charge is 0.419 e. The molecule has 4 aromatic rings. The van der Waals surface area contributed by atoms with E-state index in [-0.39, 0.29) is 0 Å². The van der Waals surface area contributed by atoms with E-state index in [0.717, 1.165) is 28.6 Å². The highest BCUT2D eigenvalue weighted by Gasteiger charge is 2.27. The fraction of sp³-hybridized carbons (Fsp3) is 0.261. The quantitative estimate of drug-likeness (QED) is 0.255. The molecule has 0 atom stereocenters. The molecule has 1 aliphatic rings. The lowest BCUT2D eigenvalue weighted by molar-refractivity contribution is 0.366. The number of benzene rings is 2. The Labute approximate surface area is 208 Å². The molecule has 0 saturated heterocycles. The number of aromatic nitrogens is 4. The van der Waals surface area contributed by atoms with Crippen molar-refractivity contribution in [2.75, 3.05) is 0 Å². The van der Waals surface area contributed by atoms with E-state index < -0.39 is 0 Å². The van der Waals surface area contributed by atoms with Crippen LogP contribution in [0.15, 0.2) is 51.4 Å². The Morgan fingerprint density at radius 3 is 2.34 bits per heavy atom. The van der Waals surface area contributed by atoms with Crippen LogP contribution in [0.1, 0.15) is 43.9 Å². The average molecular weight is 553 g/mol. The SMILES string of the molecule is Clc1ccc(-c2c(Br)c(-c3nnc(C4CCCCC4)o3)nn2-c2ccc(Cl)cc2Cl)cc1. The number of hydrogen-bond acceptors (Lipinski definition) is 4. The molecule has 1 fully saturated rings.